The molecule has 0 aliphatic carbocycles. The van der Waals surface area contributed by atoms with Crippen molar-refractivity contribution >= 4 is 5.97 Å². The molecule has 15 heavy (non-hydrogen) atoms. The van der Waals surface area contributed by atoms with Gasteiger partial charge in [0.15, 0.2) is 0 Å². The number of hydrogen-bond donors (Lipinski definition) is 3. The molecule has 1 atom stereocenters. The fourth-order valence-corrected chi connectivity index (χ4v) is 1.43. The maximum absolute atomic E-state index is 10.9. The SMILES string of the molecule is CCC(CC)(CO)NC(COC)C(=O)O. The van der Waals surface area contributed by atoms with Gasteiger partial charge in [-0.1, -0.05) is 13.8 Å². The van der Waals surface area contributed by atoms with Gasteiger partial charge >= 0.3 is 5.97 Å². The highest BCUT2D eigenvalue weighted by atomic mass is 16.5. The number of nitrogens with one attached hydrogen (secondary N) is 1. The summed E-state index contributed by atoms with van der Waals surface area (Å²) in [6.07, 6.45) is 1.35. The molecule has 0 aromatic carbocycles. The number of carboxylic acid groups (broad SMARTS) is 1. The Hall–Kier alpha value is -0.650. The van der Waals surface area contributed by atoms with Gasteiger partial charge in [-0.25, -0.2) is 0 Å². The van der Waals surface area contributed by atoms with Crippen molar-refractivity contribution in [3.8, 4) is 0 Å². The van der Waals surface area contributed by atoms with Gasteiger partial charge in [-0.3, -0.25) is 10.1 Å². The summed E-state index contributed by atoms with van der Waals surface area (Å²) in [7, 11) is 1.45. The van der Waals surface area contributed by atoms with Crippen molar-refractivity contribution in [1.29, 1.82) is 0 Å². The largest absolute Gasteiger partial charge is 0.480 e. The van der Waals surface area contributed by atoms with Crippen LogP contribution in [0.4, 0.5) is 0 Å². The molecule has 0 fully saturated rings. The van der Waals surface area contributed by atoms with Crippen molar-refractivity contribution in [2.45, 2.75) is 38.3 Å². The number of aliphatic hydroxyl groups is 1. The Balaban J connectivity index is 4.52. The second-order valence-corrected chi connectivity index (χ2v) is 3.64. The smallest absolute Gasteiger partial charge is 0.323 e. The second-order valence-electron chi connectivity index (χ2n) is 3.64. The maximum Gasteiger partial charge on any atom is 0.323 e. The molecule has 5 nitrogen and oxygen atoms in total. The molecule has 0 radical (unpaired) electrons. The van der Waals surface area contributed by atoms with Crippen LogP contribution in [0.15, 0.2) is 0 Å². The maximum atomic E-state index is 10.9. The van der Waals surface area contributed by atoms with Crippen LogP contribution in [0.1, 0.15) is 26.7 Å². The lowest BCUT2D eigenvalue weighted by atomic mass is 9.93. The van der Waals surface area contributed by atoms with Crippen molar-refractivity contribution in [2.24, 2.45) is 0 Å². The summed E-state index contributed by atoms with van der Waals surface area (Å²) in [6, 6.07) is -0.776. The van der Waals surface area contributed by atoms with Crippen molar-refractivity contribution in [2.75, 3.05) is 20.3 Å². The van der Waals surface area contributed by atoms with Gasteiger partial charge in [-0.05, 0) is 12.8 Å². The molecule has 0 bridgehead atoms. The van der Waals surface area contributed by atoms with Crippen molar-refractivity contribution in [1.82, 2.24) is 5.32 Å². The Labute approximate surface area is 90.4 Å². The lowest BCUT2D eigenvalue weighted by Gasteiger charge is -2.33. The average molecular weight is 219 g/mol. The van der Waals surface area contributed by atoms with Gasteiger partial charge < -0.3 is 14.9 Å². The van der Waals surface area contributed by atoms with Crippen LogP contribution in [0.3, 0.4) is 0 Å². The highest BCUT2D eigenvalue weighted by Gasteiger charge is 2.31. The standard InChI is InChI=1S/C10H21NO4/c1-4-10(5-2,7-12)11-8(6-15-3)9(13)14/h8,11-12H,4-7H2,1-3H3,(H,13,14). The molecular formula is C10H21NO4. The van der Waals surface area contributed by atoms with Crippen LogP contribution in [-0.4, -0.2) is 48.1 Å². The van der Waals surface area contributed by atoms with Crippen LogP contribution in [-0.2, 0) is 9.53 Å². The Bertz CT molecular complexity index is 184. The van der Waals surface area contributed by atoms with Crippen LogP contribution < -0.4 is 5.32 Å². The predicted octanol–water partition coefficient (Wildman–Crippen LogP) is 0.227. The highest BCUT2D eigenvalue weighted by Crippen LogP contribution is 2.15. The van der Waals surface area contributed by atoms with Gasteiger partial charge in [0.05, 0.1) is 13.2 Å². The van der Waals surface area contributed by atoms with Gasteiger partial charge in [0.25, 0.3) is 0 Å². The molecule has 90 valence electrons. The Morgan fingerprint density at radius 1 is 1.47 bits per heavy atom. The molecular weight excluding hydrogens is 198 g/mol. The van der Waals surface area contributed by atoms with E-state index in [0.29, 0.717) is 12.8 Å². The van der Waals surface area contributed by atoms with E-state index in [1.54, 1.807) is 0 Å². The normalized spacial score (nSPS) is 13.9. The van der Waals surface area contributed by atoms with Crippen molar-refractivity contribution < 1.29 is 19.7 Å². The monoisotopic (exact) mass is 219 g/mol. The number of carboxylic acids is 1. The molecule has 0 saturated carbocycles. The van der Waals surface area contributed by atoms with E-state index < -0.39 is 17.6 Å². The van der Waals surface area contributed by atoms with Crippen LogP contribution in [0, 0.1) is 0 Å². The summed E-state index contributed by atoms with van der Waals surface area (Å²) in [6.45, 7) is 3.85. The van der Waals surface area contributed by atoms with E-state index in [4.69, 9.17) is 9.84 Å². The van der Waals surface area contributed by atoms with E-state index >= 15 is 0 Å². The van der Waals surface area contributed by atoms with E-state index in [2.05, 4.69) is 5.32 Å². The van der Waals surface area contributed by atoms with E-state index in [1.165, 1.54) is 7.11 Å². The molecule has 0 aromatic heterocycles. The van der Waals surface area contributed by atoms with Gasteiger partial charge in [0, 0.05) is 12.6 Å². The van der Waals surface area contributed by atoms with Gasteiger partial charge in [-0.2, -0.15) is 0 Å². The summed E-state index contributed by atoms with van der Waals surface area (Å²) in [5, 5.41) is 21.2. The number of aliphatic carboxylic acids is 1. The zero-order chi connectivity index (χ0) is 11.9. The first-order chi connectivity index (χ1) is 7.05. The summed E-state index contributed by atoms with van der Waals surface area (Å²) >= 11 is 0. The summed E-state index contributed by atoms with van der Waals surface area (Å²) < 4.78 is 4.82. The minimum absolute atomic E-state index is 0.0759. The number of rotatable bonds is 8. The van der Waals surface area contributed by atoms with Crippen LogP contribution in [0.25, 0.3) is 0 Å². The first-order valence-electron chi connectivity index (χ1n) is 5.15. The molecule has 0 aliphatic heterocycles. The zero-order valence-electron chi connectivity index (χ0n) is 9.62. The van der Waals surface area contributed by atoms with E-state index in [9.17, 15) is 9.90 Å². The molecule has 0 amide bonds. The average Bonchev–Trinajstić information content (AvgIpc) is 2.24. The summed E-state index contributed by atoms with van der Waals surface area (Å²) in [4.78, 5) is 10.9. The zero-order valence-corrected chi connectivity index (χ0v) is 9.62. The Morgan fingerprint density at radius 3 is 2.27 bits per heavy atom. The molecule has 0 aromatic rings. The lowest BCUT2D eigenvalue weighted by Crippen LogP contribution is -2.56. The number of hydrogen-bond acceptors (Lipinski definition) is 4. The molecule has 0 spiro atoms. The second kappa shape index (κ2) is 6.76. The Morgan fingerprint density at radius 2 is 2.00 bits per heavy atom. The number of carbonyl (C=O) groups is 1. The molecule has 0 aliphatic rings. The van der Waals surface area contributed by atoms with Crippen LogP contribution in [0.2, 0.25) is 0 Å². The van der Waals surface area contributed by atoms with E-state index in [0.717, 1.165) is 0 Å². The first kappa shape index (κ1) is 14.3. The molecule has 0 rings (SSSR count). The van der Waals surface area contributed by atoms with Gasteiger partial charge in [-0.15, -0.1) is 0 Å². The topological polar surface area (TPSA) is 78.8 Å². The molecule has 0 heterocycles. The Kier molecular flexibility index (Phi) is 6.47. The summed E-state index contributed by atoms with van der Waals surface area (Å²) in [5.41, 5.74) is -0.526. The quantitative estimate of drug-likeness (QED) is 0.544. The first-order valence-corrected chi connectivity index (χ1v) is 5.15. The molecule has 0 saturated heterocycles. The number of aliphatic hydroxyl groups excluding tert-OH is 1. The molecule has 1 unspecified atom stereocenters. The minimum atomic E-state index is -0.962. The van der Waals surface area contributed by atoms with E-state index in [-0.39, 0.29) is 13.2 Å². The third kappa shape index (κ3) is 4.15. The highest BCUT2D eigenvalue weighted by molar-refractivity contribution is 5.73. The number of ether oxygens (including phenoxy) is 1. The molecule has 3 N–H and O–H groups in total. The lowest BCUT2D eigenvalue weighted by molar-refractivity contribution is -0.141. The minimum Gasteiger partial charge on any atom is -0.480 e. The predicted molar refractivity (Wildman–Crippen MR) is 56.8 cm³/mol. The van der Waals surface area contributed by atoms with Crippen LogP contribution >= 0.6 is 0 Å². The van der Waals surface area contributed by atoms with Gasteiger partial charge in [0.2, 0.25) is 0 Å². The van der Waals surface area contributed by atoms with Crippen LogP contribution in [0.5, 0.6) is 0 Å². The molecule has 5 heteroatoms. The van der Waals surface area contributed by atoms with E-state index in [1.807, 2.05) is 13.8 Å². The third-order valence-electron chi connectivity index (χ3n) is 2.77. The number of methoxy groups -OCH3 is 1. The third-order valence-corrected chi connectivity index (χ3v) is 2.77. The van der Waals surface area contributed by atoms with Crippen molar-refractivity contribution in [3.63, 3.8) is 0 Å². The summed E-state index contributed by atoms with van der Waals surface area (Å²) in [5.74, 6) is -0.962. The fourth-order valence-electron chi connectivity index (χ4n) is 1.43. The van der Waals surface area contributed by atoms with Gasteiger partial charge in [0.1, 0.15) is 6.04 Å². The fraction of sp³-hybridized carbons (Fsp3) is 0.900. The van der Waals surface area contributed by atoms with Crippen molar-refractivity contribution in [3.05, 3.63) is 0 Å².